The quantitative estimate of drug-likeness (QED) is 0.870. The molecule has 2 N–H and O–H groups in total. The van der Waals surface area contributed by atoms with Gasteiger partial charge in [0.25, 0.3) is 0 Å². The smallest absolute Gasteiger partial charge is 0.174 e. The van der Waals surface area contributed by atoms with E-state index in [1.165, 1.54) is 5.56 Å². The Morgan fingerprint density at radius 3 is 2.81 bits per heavy atom. The molecule has 16 heavy (non-hydrogen) atoms. The minimum atomic E-state index is 0.660. The maximum absolute atomic E-state index is 5.48. The highest BCUT2D eigenvalue weighted by atomic mass is 32.2. The van der Waals surface area contributed by atoms with E-state index in [2.05, 4.69) is 16.0 Å². The van der Waals surface area contributed by atoms with Crippen LogP contribution in [-0.4, -0.2) is 21.1 Å². The monoisotopic (exact) mass is 234 g/mol. The minimum Gasteiger partial charge on any atom is -0.330 e. The van der Waals surface area contributed by atoms with E-state index in [1.807, 2.05) is 30.1 Å². The minimum absolute atomic E-state index is 0.660. The van der Waals surface area contributed by atoms with Gasteiger partial charge in [-0.25, -0.2) is 9.97 Å². The fourth-order valence-electron chi connectivity index (χ4n) is 1.33. The largest absolute Gasteiger partial charge is 0.330 e. The summed E-state index contributed by atoms with van der Waals surface area (Å²) in [6.45, 7) is 0.660. The zero-order chi connectivity index (χ0) is 11.4. The standard InChI is InChI=1S/C11H14N4S/c1-15-7-6-13-11(15)16-10-3-2-9(4-5-12)8-14-10/h2-3,6-8H,4-5,12H2,1H3. The summed E-state index contributed by atoms with van der Waals surface area (Å²) < 4.78 is 1.97. The molecule has 0 unspecified atom stereocenters. The molecule has 2 rings (SSSR count). The average Bonchev–Trinajstić information content (AvgIpc) is 2.68. The van der Waals surface area contributed by atoms with Gasteiger partial charge in [0.05, 0.1) is 0 Å². The van der Waals surface area contributed by atoms with Crippen molar-refractivity contribution in [3.8, 4) is 0 Å². The summed E-state index contributed by atoms with van der Waals surface area (Å²) in [7, 11) is 1.97. The predicted octanol–water partition coefficient (Wildman–Crippen LogP) is 1.47. The summed E-state index contributed by atoms with van der Waals surface area (Å²) in [5.41, 5.74) is 6.65. The van der Waals surface area contributed by atoms with Crippen LogP contribution in [0.15, 0.2) is 40.9 Å². The van der Waals surface area contributed by atoms with Gasteiger partial charge in [0, 0.05) is 25.6 Å². The lowest BCUT2D eigenvalue weighted by Gasteiger charge is -2.02. The van der Waals surface area contributed by atoms with Gasteiger partial charge in [-0.2, -0.15) is 0 Å². The van der Waals surface area contributed by atoms with Gasteiger partial charge >= 0.3 is 0 Å². The Bertz CT molecular complexity index is 449. The fourth-order valence-corrected chi connectivity index (χ4v) is 2.08. The summed E-state index contributed by atoms with van der Waals surface area (Å²) >= 11 is 1.56. The third kappa shape index (κ3) is 2.62. The van der Waals surface area contributed by atoms with E-state index in [9.17, 15) is 0 Å². The van der Waals surface area contributed by atoms with Gasteiger partial charge in [0.2, 0.25) is 0 Å². The molecule has 0 fully saturated rings. The molecular weight excluding hydrogens is 220 g/mol. The Labute approximate surface area is 98.9 Å². The number of nitrogens with two attached hydrogens (primary N) is 1. The second kappa shape index (κ2) is 5.14. The van der Waals surface area contributed by atoms with E-state index in [0.717, 1.165) is 16.6 Å². The number of imidazole rings is 1. The van der Waals surface area contributed by atoms with Crippen molar-refractivity contribution in [3.63, 3.8) is 0 Å². The molecule has 4 nitrogen and oxygen atoms in total. The summed E-state index contributed by atoms with van der Waals surface area (Å²) in [6.07, 6.45) is 6.45. The predicted molar refractivity (Wildman–Crippen MR) is 64.3 cm³/mol. The number of aromatic nitrogens is 3. The van der Waals surface area contributed by atoms with Crippen molar-refractivity contribution in [1.82, 2.24) is 14.5 Å². The van der Waals surface area contributed by atoms with Crippen LogP contribution in [-0.2, 0) is 13.5 Å². The van der Waals surface area contributed by atoms with Crippen LogP contribution in [0.25, 0.3) is 0 Å². The molecule has 5 heteroatoms. The Morgan fingerprint density at radius 1 is 1.38 bits per heavy atom. The summed E-state index contributed by atoms with van der Waals surface area (Å²) in [6, 6.07) is 4.06. The third-order valence-corrected chi connectivity index (χ3v) is 3.23. The van der Waals surface area contributed by atoms with Crippen molar-refractivity contribution < 1.29 is 0 Å². The van der Waals surface area contributed by atoms with Crippen LogP contribution in [0, 0.1) is 0 Å². The Balaban J connectivity index is 2.08. The van der Waals surface area contributed by atoms with Crippen molar-refractivity contribution in [3.05, 3.63) is 36.3 Å². The molecule has 2 aromatic rings. The second-order valence-electron chi connectivity index (χ2n) is 3.47. The first-order valence-electron chi connectivity index (χ1n) is 5.10. The first-order chi connectivity index (χ1) is 7.79. The molecule has 0 bridgehead atoms. The molecule has 2 aromatic heterocycles. The van der Waals surface area contributed by atoms with Crippen LogP contribution in [0.3, 0.4) is 0 Å². The van der Waals surface area contributed by atoms with Gasteiger partial charge in [0.1, 0.15) is 5.03 Å². The molecule has 0 aromatic carbocycles. The lowest BCUT2D eigenvalue weighted by Crippen LogP contribution is -2.02. The zero-order valence-corrected chi connectivity index (χ0v) is 9.94. The van der Waals surface area contributed by atoms with Crippen molar-refractivity contribution in [2.45, 2.75) is 16.6 Å². The molecule has 0 spiro atoms. The number of aryl methyl sites for hydroxylation is 1. The van der Waals surface area contributed by atoms with E-state index in [1.54, 1.807) is 18.0 Å². The second-order valence-corrected chi connectivity index (χ2v) is 4.45. The Kier molecular flexibility index (Phi) is 3.58. The number of hydrogen-bond donors (Lipinski definition) is 1. The zero-order valence-electron chi connectivity index (χ0n) is 9.13. The van der Waals surface area contributed by atoms with E-state index >= 15 is 0 Å². The van der Waals surface area contributed by atoms with Gasteiger partial charge in [-0.3, -0.25) is 0 Å². The van der Waals surface area contributed by atoms with E-state index in [0.29, 0.717) is 6.54 Å². The normalized spacial score (nSPS) is 10.6. The number of nitrogens with zero attached hydrogens (tertiary/aromatic N) is 3. The highest BCUT2D eigenvalue weighted by Gasteiger charge is 2.03. The van der Waals surface area contributed by atoms with E-state index in [-0.39, 0.29) is 0 Å². The summed E-state index contributed by atoms with van der Waals surface area (Å²) in [5, 5.41) is 1.90. The molecule has 0 radical (unpaired) electrons. The fraction of sp³-hybridized carbons (Fsp3) is 0.273. The number of rotatable bonds is 4. The molecule has 0 aliphatic carbocycles. The molecule has 0 atom stereocenters. The molecule has 0 aliphatic heterocycles. The third-order valence-electron chi connectivity index (χ3n) is 2.20. The molecule has 0 saturated heterocycles. The van der Waals surface area contributed by atoms with Gasteiger partial charge in [-0.05, 0) is 36.4 Å². The number of pyridine rings is 1. The maximum Gasteiger partial charge on any atom is 0.174 e. The summed E-state index contributed by atoms with van der Waals surface area (Å²) in [5.74, 6) is 0. The molecule has 2 heterocycles. The molecule has 0 saturated carbocycles. The first-order valence-corrected chi connectivity index (χ1v) is 5.91. The average molecular weight is 234 g/mol. The molecule has 0 amide bonds. The van der Waals surface area contributed by atoms with E-state index < -0.39 is 0 Å². The molecule has 0 aliphatic rings. The van der Waals surface area contributed by atoms with Crippen LogP contribution in [0.2, 0.25) is 0 Å². The van der Waals surface area contributed by atoms with Crippen LogP contribution in [0.1, 0.15) is 5.56 Å². The molecule has 84 valence electrons. The highest BCUT2D eigenvalue weighted by Crippen LogP contribution is 2.23. The van der Waals surface area contributed by atoms with Crippen LogP contribution < -0.4 is 5.73 Å². The Morgan fingerprint density at radius 2 is 2.25 bits per heavy atom. The highest BCUT2D eigenvalue weighted by molar-refractivity contribution is 7.99. The lowest BCUT2D eigenvalue weighted by molar-refractivity contribution is 0.788. The van der Waals surface area contributed by atoms with Gasteiger partial charge < -0.3 is 10.3 Å². The Hall–Kier alpha value is -1.33. The van der Waals surface area contributed by atoms with Gasteiger partial charge in [0.15, 0.2) is 5.16 Å². The topological polar surface area (TPSA) is 56.7 Å². The lowest BCUT2D eigenvalue weighted by atomic mass is 10.2. The van der Waals surface area contributed by atoms with Crippen LogP contribution >= 0.6 is 11.8 Å². The van der Waals surface area contributed by atoms with Gasteiger partial charge in [-0.15, -0.1) is 0 Å². The number of hydrogen-bond acceptors (Lipinski definition) is 4. The summed E-state index contributed by atoms with van der Waals surface area (Å²) in [4.78, 5) is 8.60. The van der Waals surface area contributed by atoms with Gasteiger partial charge in [-0.1, -0.05) is 6.07 Å². The van der Waals surface area contributed by atoms with Crippen molar-refractivity contribution in [2.24, 2.45) is 12.8 Å². The van der Waals surface area contributed by atoms with Crippen molar-refractivity contribution in [2.75, 3.05) is 6.54 Å². The van der Waals surface area contributed by atoms with Crippen molar-refractivity contribution in [1.29, 1.82) is 0 Å². The first kappa shape index (κ1) is 11.2. The van der Waals surface area contributed by atoms with E-state index in [4.69, 9.17) is 5.73 Å². The molecular formula is C11H14N4S. The van der Waals surface area contributed by atoms with Crippen molar-refractivity contribution >= 4 is 11.8 Å². The van der Waals surface area contributed by atoms with Crippen LogP contribution in [0.5, 0.6) is 0 Å². The van der Waals surface area contributed by atoms with Crippen LogP contribution in [0.4, 0.5) is 0 Å². The maximum atomic E-state index is 5.48. The SMILES string of the molecule is Cn1ccnc1Sc1ccc(CCN)cn1.